The van der Waals surface area contributed by atoms with Crippen LogP contribution in [0.5, 0.6) is 0 Å². The Labute approximate surface area is 136 Å². The third-order valence-electron chi connectivity index (χ3n) is 3.99. The summed E-state index contributed by atoms with van der Waals surface area (Å²) in [5, 5.41) is 14.4. The Balaban J connectivity index is 1.76. The van der Waals surface area contributed by atoms with Crippen molar-refractivity contribution >= 4 is 17.4 Å². The van der Waals surface area contributed by atoms with E-state index in [0.29, 0.717) is 17.7 Å². The smallest absolute Gasteiger partial charge is 0.276 e. The summed E-state index contributed by atoms with van der Waals surface area (Å²) in [5.74, 6) is 0.830. The molecule has 120 valence electrons. The van der Waals surface area contributed by atoms with Crippen molar-refractivity contribution in [3.63, 3.8) is 0 Å². The molecular formula is C18H22N4O. The molecule has 0 saturated heterocycles. The summed E-state index contributed by atoms with van der Waals surface area (Å²) in [7, 11) is 0. The summed E-state index contributed by atoms with van der Waals surface area (Å²) in [6, 6.07) is 10.1. The molecule has 0 spiro atoms. The van der Waals surface area contributed by atoms with Gasteiger partial charge in [-0.05, 0) is 48.9 Å². The van der Waals surface area contributed by atoms with Crippen LogP contribution in [0.1, 0.15) is 54.2 Å². The van der Waals surface area contributed by atoms with Crippen LogP contribution in [0, 0.1) is 6.92 Å². The number of rotatable bonds is 5. The molecule has 1 aliphatic rings. The van der Waals surface area contributed by atoms with Crippen molar-refractivity contribution in [1.29, 1.82) is 0 Å². The number of carbonyl (C=O) groups is 1. The number of nitrogens with zero attached hydrogens (tertiary/aromatic N) is 2. The topological polar surface area (TPSA) is 66.9 Å². The Kier molecular flexibility index (Phi) is 4.28. The fourth-order valence-electron chi connectivity index (χ4n) is 2.49. The van der Waals surface area contributed by atoms with Gasteiger partial charge in [-0.1, -0.05) is 32.0 Å². The predicted octanol–water partition coefficient (Wildman–Crippen LogP) is 3.74. The van der Waals surface area contributed by atoms with Crippen molar-refractivity contribution in [3.05, 3.63) is 47.2 Å². The van der Waals surface area contributed by atoms with E-state index in [1.165, 1.54) is 12.8 Å². The highest BCUT2D eigenvalue weighted by atomic mass is 16.1. The predicted molar refractivity (Wildman–Crippen MR) is 91.9 cm³/mol. The van der Waals surface area contributed by atoms with Crippen LogP contribution < -0.4 is 10.6 Å². The van der Waals surface area contributed by atoms with Crippen LogP contribution in [0.15, 0.2) is 30.3 Å². The molecule has 0 atom stereocenters. The van der Waals surface area contributed by atoms with E-state index in [9.17, 15) is 4.79 Å². The zero-order valence-corrected chi connectivity index (χ0v) is 13.8. The quantitative estimate of drug-likeness (QED) is 0.883. The van der Waals surface area contributed by atoms with Crippen LogP contribution in [-0.4, -0.2) is 22.1 Å². The Morgan fingerprint density at radius 1 is 1.17 bits per heavy atom. The average Bonchev–Trinajstić information content (AvgIpc) is 3.33. The molecular weight excluding hydrogens is 288 g/mol. The molecule has 1 fully saturated rings. The molecule has 1 aliphatic carbocycles. The summed E-state index contributed by atoms with van der Waals surface area (Å²) in [4.78, 5) is 12.5. The van der Waals surface area contributed by atoms with Crippen molar-refractivity contribution in [2.75, 3.05) is 10.6 Å². The number of amides is 1. The van der Waals surface area contributed by atoms with Gasteiger partial charge in [-0.25, -0.2) is 0 Å². The molecule has 1 saturated carbocycles. The van der Waals surface area contributed by atoms with Gasteiger partial charge >= 0.3 is 0 Å². The van der Waals surface area contributed by atoms with Crippen molar-refractivity contribution < 1.29 is 4.79 Å². The minimum atomic E-state index is -0.230. The second-order valence-corrected chi connectivity index (χ2v) is 6.37. The zero-order valence-electron chi connectivity index (χ0n) is 13.8. The molecule has 3 rings (SSSR count). The van der Waals surface area contributed by atoms with Crippen LogP contribution in [0.4, 0.5) is 11.5 Å². The van der Waals surface area contributed by atoms with E-state index in [1.807, 2.05) is 25.1 Å². The number of benzene rings is 1. The molecule has 23 heavy (non-hydrogen) atoms. The largest absolute Gasteiger partial charge is 0.366 e. The monoisotopic (exact) mass is 310 g/mol. The molecule has 1 amide bonds. The van der Waals surface area contributed by atoms with Gasteiger partial charge in [0, 0.05) is 11.7 Å². The molecule has 2 aromatic rings. The molecule has 0 aliphatic heterocycles. The lowest BCUT2D eigenvalue weighted by Gasteiger charge is -2.16. The van der Waals surface area contributed by atoms with Crippen molar-refractivity contribution in [2.24, 2.45) is 0 Å². The first-order valence-corrected chi connectivity index (χ1v) is 8.05. The van der Waals surface area contributed by atoms with Crippen LogP contribution >= 0.6 is 0 Å². The van der Waals surface area contributed by atoms with Gasteiger partial charge < -0.3 is 10.6 Å². The van der Waals surface area contributed by atoms with Crippen molar-refractivity contribution in [1.82, 2.24) is 10.2 Å². The van der Waals surface area contributed by atoms with Gasteiger partial charge in [-0.15, -0.1) is 10.2 Å². The molecule has 1 heterocycles. The Morgan fingerprint density at radius 3 is 2.57 bits per heavy atom. The van der Waals surface area contributed by atoms with Crippen molar-refractivity contribution in [2.45, 2.75) is 45.6 Å². The van der Waals surface area contributed by atoms with Gasteiger partial charge in [0.25, 0.3) is 5.91 Å². The number of aromatic nitrogens is 2. The summed E-state index contributed by atoms with van der Waals surface area (Å²) in [5.41, 5.74) is 3.36. The maximum Gasteiger partial charge on any atom is 0.276 e. The first-order chi connectivity index (χ1) is 11.0. The highest BCUT2D eigenvalue weighted by molar-refractivity contribution is 6.03. The summed E-state index contributed by atoms with van der Waals surface area (Å²) < 4.78 is 0. The van der Waals surface area contributed by atoms with Crippen molar-refractivity contribution in [3.8, 4) is 0 Å². The molecule has 0 bridgehead atoms. The number of nitrogens with one attached hydrogen (secondary N) is 2. The average molecular weight is 310 g/mol. The molecule has 0 radical (unpaired) electrons. The fraction of sp³-hybridized carbons (Fsp3) is 0.389. The number of carbonyl (C=O) groups excluding carboxylic acids is 1. The van der Waals surface area contributed by atoms with Crippen LogP contribution in [0.2, 0.25) is 0 Å². The highest BCUT2D eigenvalue weighted by Crippen LogP contribution is 2.28. The number of anilines is 2. The summed E-state index contributed by atoms with van der Waals surface area (Å²) in [6.45, 7) is 6.22. The van der Waals surface area contributed by atoms with E-state index < -0.39 is 0 Å². The van der Waals surface area contributed by atoms with Gasteiger partial charge in [0.1, 0.15) is 5.82 Å². The maximum atomic E-state index is 12.5. The van der Waals surface area contributed by atoms with Gasteiger partial charge in [0.2, 0.25) is 0 Å². The van der Waals surface area contributed by atoms with E-state index in [4.69, 9.17) is 0 Å². The third kappa shape index (κ3) is 3.67. The van der Waals surface area contributed by atoms with E-state index >= 15 is 0 Å². The van der Waals surface area contributed by atoms with Crippen LogP contribution in [0.25, 0.3) is 0 Å². The van der Waals surface area contributed by atoms with E-state index in [0.717, 1.165) is 22.6 Å². The molecule has 5 nitrogen and oxygen atoms in total. The number of para-hydroxylation sites is 1. The molecule has 0 unspecified atom stereocenters. The normalized spacial score (nSPS) is 13.9. The minimum absolute atomic E-state index is 0.230. The molecule has 1 aromatic carbocycles. The summed E-state index contributed by atoms with van der Waals surface area (Å²) >= 11 is 0. The fourth-order valence-corrected chi connectivity index (χ4v) is 2.49. The van der Waals surface area contributed by atoms with Gasteiger partial charge in [-0.2, -0.15) is 0 Å². The second kappa shape index (κ2) is 6.36. The Bertz CT molecular complexity index is 705. The first kappa shape index (κ1) is 15.5. The first-order valence-electron chi connectivity index (χ1n) is 8.05. The van der Waals surface area contributed by atoms with Gasteiger partial charge in [-0.3, -0.25) is 4.79 Å². The Morgan fingerprint density at radius 2 is 1.96 bits per heavy atom. The summed E-state index contributed by atoms with van der Waals surface area (Å²) in [6.07, 6.45) is 2.35. The number of aryl methyl sites for hydroxylation is 1. The number of hydrogen-bond donors (Lipinski definition) is 2. The third-order valence-corrected chi connectivity index (χ3v) is 3.99. The lowest BCUT2D eigenvalue weighted by molar-refractivity contribution is 0.102. The Hall–Kier alpha value is -2.43. The SMILES string of the molecule is Cc1cccc(C(C)C)c1NC(=O)c1ccc(NC2CC2)nn1. The van der Waals surface area contributed by atoms with Gasteiger partial charge in [0.05, 0.1) is 0 Å². The van der Waals surface area contributed by atoms with E-state index in [-0.39, 0.29) is 5.91 Å². The van der Waals surface area contributed by atoms with E-state index in [1.54, 1.807) is 12.1 Å². The lowest BCUT2D eigenvalue weighted by Crippen LogP contribution is -2.17. The molecule has 5 heteroatoms. The lowest BCUT2D eigenvalue weighted by atomic mass is 9.98. The minimum Gasteiger partial charge on any atom is -0.366 e. The van der Waals surface area contributed by atoms with Crippen LogP contribution in [-0.2, 0) is 0 Å². The zero-order chi connectivity index (χ0) is 16.4. The standard InChI is InChI=1S/C18H22N4O/c1-11(2)14-6-4-5-12(3)17(14)20-18(23)15-9-10-16(22-21-15)19-13-7-8-13/h4-6,9-11,13H,7-8H2,1-3H3,(H,19,22)(H,20,23). The van der Waals surface area contributed by atoms with E-state index in [2.05, 4.69) is 34.7 Å². The maximum absolute atomic E-state index is 12.5. The number of hydrogen-bond acceptors (Lipinski definition) is 4. The van der Waals surface area contributed by atoms with Crippen LogP contribution in [0.3, 0.4) is 0 Å². The van der Waals surface area contributed by atoms with Gasteiger partial charge in [0.15, 0.2) is 5.69 Å². The molecule has 2 N–H and O–H groups in total. The second-order valence-electron chi connectivity index (χ2n) is 6.37. The molecule has 1 aromatic heterocycles. The highest BCUT2D eigenvalue weighted by Gasteiger charge is 2.21.